The molecule has 0 spiro atoms. The number of nitrogens with one attached hydrogen (secondary N) is 2. The molecule has 1 saturated heterocycles. The first-order valence-electron chi connectivity index (χ1n) is 9.31. The van der Waals surface area contributed by atoms with E-state index in [0.717, 1.165) is 30.8 Å². The molecule has 2 fully saturated rings. The van der Waals surface area contributed by atoms with Crippen LogP contribution in [0.5, 0.6) is 0 Å². The monoisotopic (exact) mass is 349 g/mol. The summed E-state index contributed by atoms with van der Waals surface area (Å²) >= 11 is 1.75. The molecule has 2 aliphatic rings. The second-order valence-corrected chi connectivity index (χ2v) is 8.21. The van der Waals surface area contributed by atoms with Gasteiger partial charge in [-0.25, -0.2) is 4.98 Å². The fourth-order valence-electron chi connectivity index (χ4n) is 3.74. The van der Waals surface area contributed by atoms with E-state index in [4.69, 9.17) is 0 Å². The Kier molecular flexibility index (Phi) is 6.11. The largest absolute Gasteiger partial charge is 0.352 e. The summed E-state index contributed by atoms with van der Waals surface area (Å²) in [5.41, 5.74) is 1.10. The van der Waals surface area contributed by atoms with Crippen LogP contribution in [0, 0.1) is 0 Å². The normalized spacial score (nSPS) is 23.3. The van der Waals surface area contributed by atoms with Crippen LogP contribution in [0.4, 0.5) is 0 Å². The van der Waals surface area contributed by atoms with E-state index >= 15 is 0 Å². The molecule has 1 aliphatic carbocycles. The van der Waals surface area contributed by atoms with Gasteiger partial charge in [0.15, 0.2) is 5.96 Å². The van der Waals surface area contributed by atoms with E-state index in [1.807, 2.05) is 7.05 Å². The van der Waals surface area contributed by atoms with E-state index in [9.17, 15) is 0 Å². The van der Waals surface area contributed by atoms with E-state index in [1.54, 1.807) is 11.3 Å². The Morgan fingerprint density at radius 2 is 2.17 bits per heavy atom. The number of guanidine groups is 1. The van der Waals surface area contributed by atoms with E-state index in [2.05, 4.69) is 44.7 Å². The summed E-state index contributed by atoms with van der Waals surface area (Å²) in [4.78, 5) is 11.7. The van der Waals surface area contributed by atoms with Crippen molar-refractivity contribution in [2.24, 2.45) is 4.99 Å². The zero-order valence-electron chi connectivity index (χ0n) is 15.2. The quantitative estimate of drug-likeness (QED) is 0.634. The molecule has 24 heavy (non-hydrogen) atoms. The van der Waals surface area contributed by atoms with E-state index in [1.165, 1.54) is 43.7 Å². The van der Waals surface area contributed by atoms with Crippen LogP contribution in [-0.2, 0) is 6.54 Å². The van der Waals surface area contributed by atoms with Gasteiger partial charge in [0.2, 0.25) is 0 Å². The van der Waals surface area contributed by atoms with Crippen LogP contribution >= 0.6 is 11.3 Å². The van der Waals surface area contributed by atoms with Crippen LogP contribution in [-0.4, -0.2) is 48.1 Å². The Labute approximate surface area is 150 Å². The van der Waals surface area contributed by atoms with Gasteiger partial charge in [0.1, 0.15) is 0 Å². The van der Waals surface area contributed by atoms with Crippen molar-refractivity contribution in [3.05, 3.63) is 16.1 Å². The molecule has 0 radical (unpaired) electrons. The maximum Gasteiger partial charge on any atom is 0.191 e. The van der Waals surface area contributed by atoms with Crippen molar-refractivity contribution in [1.82, 2.24) is 20.5 Å². The van der Waals surface area contributed by atoms with Crippen LogP contribution in [0.1, 0.15) is 62.6 Å². The third kappa shape index (κ3) is 4.48. The standard InChI is InChI=1S/C18H31N5S/c1-13(2)17-21-15(12-24-17)10-20-18(19-3)22-14-8-9-23(11-14)16-6-4-5-7-16/h12-14,16H,4-11H2,1-3H3,(H2,19,20,22). The Balaban J connectivity index is 1.45. The average Bonchev–Trinajstić information content (AvgIpc) is 3.31. The molecule has 0 aromatic carbocycles. The lowest BCUT2D eigenvalue weighted by molar-refractivity contribution is 0.242. The van der Waals surface area contributed by atoms with Gasteiger partial charge < -0.3 is 10.6 Å². The summed E-state index contributed by atoms with van der Waals surface area (Å²) in [6.45, 7) is 7.49. The zero-order valence-corrected chi connectivity index (χ0v) is 16.0. The highest BCUT2D eigenvalue weighted by Gasteiger charge is 2.30. The van der Waals surface area contributed by atoms with Crippen molar-refractivity contribution in [3.8, 4) is 0 Å². The fourth-order valence-corrected chi connectivity index (χ4v) is 4.57. The number of aliphatic imine (C=N–C) groups is 1. The lowest BCUT2D eigenvalue weighted by atomic mass is 10.2. The van der Waals surface area contributed by atoms with E-state index < -0.39 is 0 Å². The van der Waals surface area contributed by atoms with Crippen molar-refractivity contribution < 1.29 is 0 Å². The average molecular weight is 350 g/mol. The molecule has 1 atom stereocenters. The molecular weight excluding hydrogens is 318 g/mol. The van der Waals surface area contributed by atoms with Gasteiger partial charge in [-0.05, 0) is 19.3 Å². The molecule has 5 nitrogen and oxygen atoms in total. The predicted octanol–water partition coefficient (Wildman–Crippen LogP) is 2.95. The summed E-state index contributed by atoms with van der Waals surface area (Å²) in [6, 6.07) is 1.34. The van der Waals surface area contributed by atoms with Gasteiger partial charge in [0.25, 0.3) is 0 Å². The Hall–Kier alpha value is -1.14. The van der Waals surface area contributed by atoms with Crippen LogP contribution < -0.4 is 10.6 Å². The molecule has 3 rings (SSSR count). The third-order valence-corrected chi connectivity index (χ3v) is 6.32. The molecule has 1 saturated carbocycles. The molecule has 6 heteroatoms. The highest BCUT2D eigenvalue weighted by atomic mass is 32.1. The van der Waals surface area contributed by atoms with Crippen molar-refractivity contribution in [3.63, 3.8) is 0 Å². The molecule has 2 N–H and O–H groups in total. The number of likely N-dealkylation sites (tertiary alicyclic amines) is 1. The van der Waals surface area contributed by atoms with Crippen LogP contribution in [0.2, 0.25) is 0 Å². The van der Waals surface area contributed by atoms with Gasteiger partial charge in [-0.1, -0.05) is 26.7 Å². The molecule has 134 valence electrons. The van der Waals surface area contributed by atoms with Crippen molar-refractivity contribution in [1.29, 1.82) is 0 Å². The lowest BCUT2D eigenvalue weighted by Gasteiger charge is -2.24. The Morgan fingerprint density at radius 1 is 1.38 bits per heavy atom. The molecule has 0 bridgehead atoms. The van der Waals surface area contributed by atoms with Crippen molar-refractivity contribution in [2.45, 2.75) is 70.5 Å². The lowest BCUT2D eigenvalue weighted by Crippen LogP contribution is -2.45. The van der Waals surface area contributed by atoms with Gasteiger partial charge >= 0.3 is 0 Å². The van der Waals surface area contributed by atoms with Gasteiger partial charge in [-0.3, -0.25) is 9.89 Å². The minimum atomic E-state index is 0.501. The molecule has 1 aliphatic heterocycles. The summed E-state index contributed by atoms with van der Waals surface area (Å²) in [6.07, 6.45) is 6.82. The van der Waals surface area contributed by atoms with Crippen LogP contribution in [0.3, 0.4) is 0 Å². The second-order valence-electron chi connectivity index (χ2n) is 7.32. The maximum atomic E-state index is 4.68. The SMILES string of the molecule is CN=C(NCc1csc(C(C)C)n1)NC1CCN(C2CCCC2)C1. The van der Waals surface area contributed by atoms with Gasteiger partial charge in [-0.2, -0.15) is 0 Å². The highest BCUT2D eigenvalue weighted by Crippen LogP contribution is 2.26. The summed E-state index contributed by atoms with van der Waals surface area (Å²) in [5.74, 6) is 1.40. The predicted molar refractivity (Wildman–Crippen MR) is 102 cm³/mol. The number of hydrogen-bond donors (Lipinski definition) is 2. The van der Waals surface area contributed by atoms with Crippen LogP contribution in [0.15, 0.2) is 10.4 Å². The van der Waals surface area contributed by atoms with Crippen LogP contribution in [0.25, 0.3) is 0 Å². The minimum Gasteiger partial charge on any atom is -0.352 e. The second kappa shape index (κ2) is 8.30. The first-order chi connectivity index (χ1) is 11.7. The molecule has 0 amide bonds. The smallest absolute Gasteiger partial charge is 0.191 e. The van der Waals surface area contributed by atoms with Gasteiger partial charge in [0.05, 0.1) is 17.2 Å². The van der Waals surface area contributed by atoms with E-state index in [0.29, 0.717) is 12.0 Å². The van der Waals surface area contributed by atoms with Crippen molar-refractivity contribution in [2.75, 3.05) is 20.1 Å². The summed E-state index contributed by atoms with van der Waals surface area (Å²) in [7, 11) is 1.85. The molecule has 1 aromatic rings. The Bertz CT molecular complexity index is 547. The highest BCUT2D eigenvalue weighted by molar-refractivity contribution is 7.09. The maximum absolute atomic E-state index is 4.68. The number of nitrogens with zero attached hydrogens (tertiary/aromatic N) is 3. The molecule has 1 unspecified atom stereocenters. The molecule has 2 heterocycles. The van der Waals surface area contributed by atoms with Crippen molar-refractivity contribution >= 4 is 17.3 Å². The number of aromatic nitrogens is 1. The molecule has 1 aromatic heterocycles. The number of hydrogen-bond acceptors (Lipinski definition) is 4. The first-order valence-corrected chi connectivity index (χ1v) is 10.2. The van der Waals surface area contributed by atoms with Gasteiger partial charge in [-0.15, -0.1) is 11.3 Å². The fraction of sp³-hybridized carbons (Fsp3) is 0.778. The van der Waals surface area contributed by atoms with E-state index in [-0.39, 0.29) is 0 Å². The minimum absolute atomic E-state index is 0.501. The number of thiazole rings is 1. The molecular formula is C18H31N5S. The summed E-state index contributed by atoms with van der Waals surface area (Å²) < 4.78 is 0. The zero-order chi connectivity index (χ0) is 16.9. The Morgan fingerprint density at radius 3 is 2.83 bits per heavy atom. The first kappa shape index (κ1) is 17.7. The number of rotatable bonds is 5. The third-order valence-electron chi connectivity index (χ3n) is 5.13. The topological polar surface area (TPSA) is 52.6 Å². The van der Waals surface area contributed by atoms with Gasteiger partial charge in [0, 0.05) is 43.5 Å². The summed E-state index contributed by atoms with van der Waals surface area (Å²) in [5, 5.41) is 10.4.